The van der Waals surface area contributed by atoms with Crippen LogP contribution in [0.3, 0.4) is 0 Å². The summed E-state index contributed by atoms with van der Waals surface area (Å²) in [6.07, 6.45) is 2.34. The van der Waals surface area contributed by atoms with Crippen LogP contribution in [0.15, 0.2) is 12.2 Å². The molecule has 0 saturated heterocycles. The topological polar surface area (TPSA) is 74.7 Å². The molecule has 0 aromatic carbocycles. The van der Waals surface area contributed by atoms with Crippen LogP contribution in [0.1, 0.15) is 13.3 Å². The van der Waals surface area contributed by atoms with Gasteiger partial charge in [-0.05, 0) is 5.92 Å². The first-order valence-electron chi connectivity index (χ1n) is 4.26. The molecule has 0 aromatic heterocycles. The summed E-state index contributed by atoms with van der Waals surface area (Å²) in [5, 5.41) is 8.49. The molecule has 0 fully saturated rings. The lowest BCUT2D eigenvalue weighted by Crippen LogP contribution is -2.34. The van der Waals surface area contributed by atoms with E-state index < -0.39 is 5.97 Å². The minimum Gasteiger partial charge on any atom is -0.481 e. The fraction of sp³-hybridized carbons (Fsp3) is 0.444. The summed E-state index contributed by atoms with van der Waals surface area (Å²) in [6.45, 7) is 1.85. The number of carboxylic acid groups (broad SMARTS) is 1. The number of aliphatic carboxylic acids is 1. The van der Waals surface area contributed by atoms with Gasteiger partial charge in [0.05, 0.1) is 0 Å². The van der Waals surface area contributed by atoms with Crippen molar-refractivity contribution in [2.75, 3.05) is 6.54 Å². The van der Waals surface area contributed by atoms with Crippen LogP contribution in [0.5, 0.6) is 0 Å². The third kappa shape index (κ3) is 2.42. The van der Waals surface area contributed by atoms with Crippen molar-refractivity contribution < 1.29 is 19.5 Å². The van der Waals surface area contributed by atoms with E-state index in [0.717, 1.165) is 4.90 Å². The van der Waals surface area contributed by atoms with Crippen LogP contribution in [-0.2, 0) is 14.4 Å². The smallest absolute Gasteiger partial charge is 0.303 e. The summed E-state index contributed by atoms with van der Waals surface area (Å²) in [5.41, 5.74) is 0. The van der Waals surface area contributed by atoms with Crippen molar-refractivity contribution in [1.29, 1.82) is 0 Å². The van der Waals surface area contributed by atoms with Crippen LogP contribution in [0.4, 0.5) is 0 Å². The van der Waals surface area contributed by atoms with Gasteiger partial charge in [0, 0.05) is 25.1 Å². The minimum absolute atomic E-state index is 0.0446. The Balaban J connectivity index is 2.48. The molecule has 1 aliphatic heterocycles. The van der Waals surface area contributed by atoms with Crippen molar-refractivity contribution in [2.45, 2.75) is 13.3 Å². The highest BCUT2D eigenvalue weighted by molar-refractivity contribution is 6.12. The molecule has 0 aliphatic carbocycles. The quantitative estimate of drug-likeness (QED) is 0.645. The van der Waals surface area contributed by atoms with E-state index in [1.54, 1.807) is 6.92 Å². The van der Waals surface area contributed by atoms with Crippen LogP contribution in [0, 0.1) is 5.92 Å². The van der Waals surface area contributed by atoms with Gasteiger partial charge in [-0.2, -0.15) is 0 Å². The Morgan fingerprint density at radius 3 is 2.36 bits per heavy atom. The number of amides is 2. The molecule has 0 spiro atoms. The SMILES string of the molecule is CC(CC(=O)O)CN1C(=O)C=CC1=O. The molecule has 5 nitrogen and oxygen atoms in total. The van der Waals surface area contributed by atoms with Gasteiger partial charge in [-0.25, -0.2) is 0 Å². The first-order valence-corrected chi connectivity index (χ1v) is 4.26. The van der Waals surface area contributed by atoms with Gasteiger partial charge in [0.1, 0.15) is 0 Å². The fourth-order valence-electron chi connectivity index (χ4n) is 1.29. The van der Waals surface area contributed by atoms with Gasteiger partial charge in [-0.15, -0.1) is 0 Å². The molecule has 76 valence electrons. The first kappa shape index (κ1) is 10.4. The summed E-state index contributed by atoms with van der Waals surface area (Å²) in [4.78, 5) is 33.5. The van der Waals surface area contributed by atoms with E-state index in [9.17, 15) is 14.4 Å². The van der Waals surface area contributed by atoms with Gasteiger partial charge in [-0.3, -0.25) is 19.3 Å². The third-order valence-electron chi connectivity index (χ3n) is 1.92. The minimum atomic E-state index is -0.926. The number of rotatable bonds is 4. The highest BCUT2D eigenvalue weighted by Crippen LogP contribution is 2.10. The van der Waals surface area contributed by atoms with Gasteiger partial charge in [0.2, 0.25) is 0 Å². The maximum atomic E-state index is 11.1. The van der Waals surface area contributed by atoms with Crippen LogP contribution < -0.4 is 0 Å². The Kier molecular flexibility index (Phi) is 3.01. The van der Waals surface area contributed by atoms with Gasteiger partial charge in [0.25, 0.3) is 11.8 Å². The second kappa shape index (κ2) is 4.04. The number of imide groups is 1. The van der Waals surface area contributed by atoms with Crippen molar-refractivity contribution >= 4 is 17.8 Å². The van der Waals surface area contributed by atoms with E-state index in [2.05, 4.69) is 0 Å². The van der Waals surface area contributed by atoms with Crippen molar-refractivity contribution in [3.05, 3.63) is 12.2 Å². The predicted molar refractivity (Wildman–Crippen MR) is 47.3 cm³/mol. The monoisotopic (exact) mass is 197 g/mol. The van der Waals surface area contributed by atoms with Gasteiger partial charge < -0.3 is 5.11 Å². The summed E-state index contributed by atoms with van der Waals surface area (Å²) in [7, 11) is 0. The zero-order chi connectivity index (χ0) is 10.7. The van der Waals surface area contributed by atoms with Crippen molar-refractivity contribution in [3.8, 4) is 0 Å². The number of carboxylic acids is 1. The summed E-state index contributed by atoms with van der Waals surface area (Å²) in [6, 6.07) is 0. The lowest BCUT2D eigenvalue weighted by atomic mass is 10.1. The zero-order valence-electron chi connectivity index (χ0n) is 7.77. The maximum Gasteiger partial charge on any atom is 0.303 e. The van der Waals surface area contributed by atoms with E-state index >= 15 is 0 Å². The number of carbonyl (C=O) groups excluding carboxylic acids is 2. The summed E-state index contributed by atoms with van der Waals surface area (Å²) in [5.74, 6) is -1.88. The third-order valence-corrected chi connectivity index (χ3v) is 1.92. The Hall–Kier alpha value is -1.65. The molecule has 1 atom stereocenters. The largest absolute Gasteiger partial charge is 0.481 e. The molecule has 1 N–H and O–H groups in total. The van der Waals surface area contributed by atoms with E-state index in [4.69, 9.17) is 5.11 Å². The lowest BCUT2D eigenvalue weighted by Gasteiger charge is -2.17. The average molecular weight is 197 g/mol. The average Bonchev–Trinajstić information content (AvgIpc) is 2.34. The van der Waals surface area contributed by atoms with Crippen molar-refractivity contribution in [3.63, 3.8) is 0 Å². The normalized spacial score (nSPS) is 17.6. The molecule has 0 aromatic rings. The zero-order valence-corrected chi connectivity index (χ0v) is 7.77. The van der Waals surface area contributed by atoms with Crippen LogP contribution >= 0.6 is 0 Å². The van der Waals surface area contributed by atoms with E-state index in [1.807, 2.05) is 0 Å². The number of hydrogen-bond acceptors (Lipinski definition) is 3. The highest BCUT2D eigenvalue weighted by atomic mass is 16.4. The molecule has 1 aliphatic rings. The van der Waals surface area contributed by atoms with Crippen LogP contribution in [0.2, 0.25) is 0 Å². The Bertz CT molecular complexity index is 290. The van der Waals surface area contributed by atoms with E-state index in [0.29, 0.717) is 0 Å². The molecule has 2 amide bonds. The molecule has 0 bridgehead atoms. The number of carbonyl (C=O) groups is 3. The molecule has 0 radical (unpaired) electrons. The van der Waals surface area contributed by atoms with Crippen molar-refractivity contribution in [2.24, 2.45) is 5.92 Å². The highest BCUT2D eigenvalue weighted by Gasteiger charge is 2.25. The first-order chi connectivity index (χ1) is 6.50. The van der Waals surface area contributed by atoms with Gasteiger partial charge in [0.15, 0.2) is 0 Å². The van der Waals surface area contributed by atoms with Crippen molar-refractivity contribution in [1.82, 2.24) is 4.90 Å². The molecular formula is C9H11NO4. The second-order valence-electron chi connectivity index (χ2n) is 3.32. The number of nitrogens with zero attached hydrogens (tertiary/aromatic N) is 1. The molecular weight excluding hydrogens is 186 g/mol. The van der Waals surface area contributed by atoms with Gasteiger partial charge in [-0.1, -0.05) is 6.92 Å². The van der Waals surface area contributed by atoms with Crippen LogP contribution in [0.25, 0.3) is 0 Å². The molecule has 1 rings (SSSR count). The summed E-state index contributed by atoms with van der Waals surface area (Å²) < 4.78 is 0. The maximum absolute atomic E-state index is 11.1. The predicted octanol–water partition coefficient (Wildman–Crippen LogP) is 0.0222. The second-order valence-corrected chi connectivity index (χ2v) is 3.32. The molecule has 1 unspecified atom stereocenters. The molecule has 5 heteroatoms. The molecule has 0 saturated carbocycles. The Morgan fingerprint density at radius 2 is 1.93 bits per heavy atom. The van der Waals surface area contributed by atoms with Gasteiger partial charge >= 0.3 is 5.97 Å². The Labute approximate surface area is 81.0 Å². The fourth-order valence-corrected chi connectivity index (χ4v) is 1.29. The van der Waals surface area contributed by atoms with E-state index in [1.165, 1.54) is 12.2 Å². The molecule has 14 heavy (non-hydrogen) atoms. The standard InChI is InChI=1S/C9H11NO4/c1-6(4-9(13)14)5-10-7(11)2-3-8(10)12/h2-3,6H,4-5H2,1H3,(H,13,14). The molecule has 1 heterocycles. The van der Waals surface area contributed by atoms with Crippen LogP contribution in [-0.4, -0.2) is 34.3 Å². The number of hydrogen-bond donors (Lipinski definition) is 1. The summed E-state index contributed by atoms with van der Waals surface area (Å²) >= 11 is 0. The lowest BCUT2D eigenvalue weighted by molar-refractivity contribution is -0.141. The van der Waals surface area contributed by atoms with E-state index in [-0.39, 0.29) is 30.7 Å². The Morgan fingerprint density at radius 1 is 1.43 bits per heavy atom.